The summed E-state index contributed by atoms with van der Waals surface area (Å²) in [5, 5.41) is 0. The molecule has 0 aromatic rings. The molecule has 0 radical (unpaired) electrons. The lowest BCUT2D eigenvalue weighted by atomic mass is 10.2. The van der Waals surface area contributed by atoms with Crippen molar-refractivity contribution < 1.29 is 23.8 Å². The zero-order valence-electron chi connectivity index (χ0n) is 6.42. The predicted octanol–water partition coefficient (Wildman–Crippen LogP) is 0.298. The molecule has 0 atom stereocenters. The van der Waals surface area contributed by atoms with Crippen molar-refractivity contribution in [3.8, 4) is 0 Å². The van der Waals surface area contributed by atoms with E-state index in [0.717, 1.165) is 5.82 Å². The molecule has 0 amide bonds. The molecule has 12 heavy (non-hydrogen) atoms. The number of rotatable bonds is 2. The summed E-state index contributed by atoms with van der Waals surface area (Å²) in [6.07, 6.45) is 1.43. The summed E-state index contributed by atoms with van der Waals surface area (Å²) >= 11 is 0. The first-order valence-corrected chi connectivity index (χ1v) is 5.16. The first kappa shape index (κ1) is 9.89. The van der Waals surface area contributed by atoms with Crippen LogP contribution < -0.4 is 0 Å². The number of hydrogen-bond donors (Lipinski definition) is 2. The Kier molecular flexibility index (Phi) is 3.43. The second-order valence-corrected chi connectivity index (χ2v) is 4.03. The maximum Gasteiger partial charge on any atom is 0.348 e. The molecular formula is C6H11O5P. The molecular weight excluding hydrogens is 183 g/mol. The van der Waals surface area contributed by atoms with E-state index in [1.807, 2.05) is 0 Å². The number of ether oxygens (including phenoxy) is 2. The Labute approximate surface area is 70.1 Å². The van der Waals surface area contributed by atoms with Gasteiger partial charge in [-0.05, 0) is 0 Å². The Morgan fingerprint density at radius 3 is 2.42 bits per heavy atom. The van der Waals surface area contributed by atoms with Gasteiger partial charge < -0.3 is 19.3 Å². The van der Waals surface area contributed by atoms with Gasteiger partial charge in [-0.3, -0.25) is 4.57 Å². The van der Waals surface area contributed by atoms with Crippen LogP contribution in [0.1, 0.15) is 0 Å². The van der Waals surface area contributed by atoms with E-state index >= 15 is 0 Å². The van der Waals surface area contributed by atoms with E-state index in [4.69, 9.17) is 19.3 Å². The molecule has 0 spiro atoms. The van der Waals surface area contributed by atoms with Crippen LogP contribution in [0.2, 0.25) is 0 Å². The van der Waals surface area contributed by atoms with Crippen molar-refractivity contribution in [2.75, 3.05) is 20.0 Å². The van der Waals surface area contributed by atoms with Crippen molar-refractivity contribution in [1.29, 1.82) is 0 Å². The van der Waals surface area contributed by atoms with Crippen molar-refractivity contribution in [3.05, 3.63) is 11.9 Å². The minimum Gasteiger partial charge on any atom is -0.355 e. The van der Waals surface area contributed by atoms with Gasteiger partial charge in [0, 0.05) is 11.7 Å². The van der Waals surface area contributed by atoms with E-state index < -0.39 is 7.60 Å². The first-order valence-electron chi connectivity index (χ1n) is 3.48. The summed E-state index contributed by atoms with van der Waals surface area (Å²) in [7, 11) is -4.02. The van der Waals surface area contributed by atoms with Gasteiger partial charge in [-0.25, -0.2) is 0 Å². The highest BCUT2D eigenvalue weighted by atomic mass is 31.2. The van der Waals surface area contributed by atoms with Crippen molar-refractivity contribution in [2.45, 2.75) is 0 Å². The van der Waals surface area contributed by atoms with Gasteiger partial charge in [0.25, 0.3) is 0 Å². The lowest BCUT2D eigenvalue weighted by Crippen LogP contribution is -2.22. The summed E-state index contributed by atoms with van der Waals surface area (Å²) in [6, 6.07) is 0. The highest BCUT2D eigenvalue weighted by Gasteiger charge is 2.13. The second-order valence-electron chi connectivity index (χ2n) is 2.55. The van der Waals surface area contributed by atoms with Crippen LogP contribution in [-0.4, -0.2) is 29.8 Å². The SMILES string of the molecule is O=P(O)(O)C=CC1COCOC1. The molecule has 0 aromatic carbocycles. The molecule has 5 nitrogen and oxygen atoms in total. The maximum absolute atomic E-state index is 10.4. The van der Waals surface area contributed by atoms with Gasteiger partial charge in [-0.1, -0.05) is 6.08 Å². The fraction of sp³-hybridized carbons (Fsp3) is 0.667. The van der Waals surface area contributed by atoms with E-state index in [1.165, 1.54) is 6.08 Å². The van der Waals surface area contributed by atoms with Gasteiger partial charge in [-0.2, -0.15) is 0 Å². The monoisotopic (exact) mass is 194 g/mol. The number of hydrogen-bond acceptors (Lipinski definition) is 3. The Hall–Kier alpha value is -0.190. The molecule has 0 aromatic heterocycles. The fourth-order valence-corrected chi connectivity index (χ4v) is 1.32. The maximum atomic E-state index is 10.4. The average Bonchev–Trinajstić information content (AvgIpc) is 2.02. The molecule has 0 bridgehead atoms. The lowest BCUT2D eigenvalue weighted by molar-refractivity contribution is -0.115. The highest BCUT2D eigenvalue weighted by Crippen LogP contribution is 2.36. The first-order chi connectivity index (χ1) is 5.58. The normalized spacial score (nSPS) is 21.8. The van der Waals surface area contributed by atoms with Gasteiger partial charge >= 0.3 is 7.60 Å². The molecule has 0 saturated carbocycles. The van der Waals surface area contributed by atoms with Crippen LogP contribution in [0.5, 0.6) is 0 Å². The van der Waals surface area contributed by atoms with Crippen molar-refractivity contribution in [1.82, 2.24) is 0 Å². The third-order valence-electron chi connectivity index (χ3n) is 1.38. The molecule has 6 heteroatoms. The molecule has 2 N–H and O–H groups in total. The van der Waals surface area contributed by atoms with Gasteiger partial charge in [0.1, 0.15) is 6.79 Å². The zero-order valence-corrected chi connectivity index (χ0v) is 7.31. The standard InChI is InChI=1S/C6H11O5P/c7-12(8,9)2-1-6-3-10-5-11-4-6/h1-2,6H,3-5H2,(H2,7,8,9). The van der Waals surface area contributed by atoms with Gasteiger partial charge in [-0.15, -0.1) is 0 Å². The second kappa shape index (κ2) is 4.16. The molecule has 1 heterocycles. The van der Waals surface area contributed by atoms with E-state index in [2.05, 4.69) is 0 Å². The van der Waals surface area contributed by atoms with E-state index in [0.29, 0.717) is 13.2 Å². The molecule has 1 rings (SSSR count). The Morgan fingerprint density at radius 1 is 1.33 bits per heavy atom. The van der Waals surface area contributed by atoms with Crippen molar-refractivity contribution >= 4 is 7.60 Å². The van der Waals surface area contributed by atoms with Gasteiger partial charge in [0.15, 0.2) is 0 Å². The third-order valence-corrected chi connectivity index (χ3v) is 1.94. The van der Waals surface area contributed by atoms with Gasteiger partial charge in [0.05, 0.1) is 13.2 Å². The lowest BCUT2D eigenvalue weighted by Gasteiger charge is -2.19. The summed E-state index contributed by atoms with van der Waals surface area (Å²) in [5.74, 6) is 0.835. The minimum atomic E-state index is -4.02. The van der Waals surface area contributed by atoms with Crippen LogP contribution in [0, 0.1) is 5.92 Å². The molecule has 1 saturated heterocycles. The quantitative estimate of drug-likeness (QED) is 0.618. The molecule has 0 unspecified atom stereocenters. The fourth-order valence-electron chi connectivity index (χ4n) is 0.851. The van der Waals surface area contributed by atoms with Crippen LogP contribution in [0.25, 0.3) is 0 Å². The average molecular weight is 194 g/mol. The molecule has 0 aliphatic carbocycles. The largest absolute Gasteiger partial charge is 0.355 e. The molecule has 1 aliphatic heterocycles. The minimum absolute atomic E-state index is 0.0497. The van der Waals surface area contributed by atoms with Crippen molar-refractivity contribution in [2.24, 2.45) is 5.92 Å². The van der Waals surface area contributed by atoms with Crippen LogP contribution >= 0.6 is 7.60 Å². The van der Waals surface area contributed by atoms with E-state index in [1.54, 1.807) is 0 Å². The van der Waals surface area contributed by atoms with E-state index in [-0.39, 0.29) is 12.7 Å². The van der Waals surface area contributed by atoms with Gasteiger partial charge in [0.2, 0.25) is 0 Å². The van der Waals surface area contributed by atoms with Crippen molar-refractivity contribution in [3.63, 3.8) is 0 Å². The Bertz CT molecular complexity index is 202. The smallest absolute Gasteiger partial charge is 0.348 e. The molecule has 1 fully saturated rings. The highest BCUT2D eigenvalue weighted by molar-refractivity contribution is 7.55. The summed E-state index contributed by atoms with van der Waals surface area (Å²) < 4.78 is 20.2. The van der Waals surface area contributed by atoms with E-state index in [9.17, 15) is 4.57 Å². The zero-order chi connectivity index (χ0) is 9.03. The Morgan fingerprint density at radius 2 is 1.92 bits per heavy atom. The molecule has 70 valence electrons. The Balaban J connectivity index is 2.39. The summed E-state index contributed by atoms with van der Waals surface area (Å²) in [6.45, 7) is 1.17. The third kappa shape index (κ3) is 3.99. The summed E-state index contributed by atoms with van der Waals surface area (Å²) in [5.41, 5.74) is 0. The predicted molar refractivity (Wildman–Crippen MR) is 41.4 cm³/mol. The van der Waals surface area contributed by atoms with Crippen LogP contribution in [0.15, 0.2) is 11.9 Å². The van der Waals surface area contributed by atoms with Crippen LogP contribution in [0.4, 0.5) is 0 Å². The topological polar surface area (TPSA) is 76.0 Å². The van der Waals surface area contributed by atoms with Crippen LogP contribution in [-0.2, 0) is 14.0 Å². The summed E-state index contributed by atoms with van der Waals surface area (Å²) in [4.78, 5) is 17.0. The van der Waals surface area contributed by atoms with Crippen LogP contribution in [0.3, 0.4) is 0 Å². The molecule has 1 aliphatic rings.